The Bertz CT molecular complexity index is 818. The minimum absolute atomic E-state index is 0.162. The fourth-order valence-corrected chi connectivity index (χ4v) is 3.85. The minimum atomic E-state index is -4.37. The van der Waals surface area contributed by atoms with Gasteiger partial charge in [0, 0.05) is 6.54 Å². The third-order valence-electron chi connectivity index (χ3n) is 5.72. The molecule has 1 aromatic rings. The number of halogens is 3. The number of hydrogen-bond acceptors (Lipinski definition) is 4. The fourth-order valence-electron chi connectivity index (χ4n) is 3.85. The Morgan fingerprint density at radius 1 is 1.19 bits per heavy atom. The van der Waals surface area contributed by atoms with Crippen LogP contribution in [0.4, 0.5) is 18.0 Å². The van der Waals surface area contributed by atoms with Gasteiger partial charge in [-0.2, -0.15) is 13.2 Å². The highest BCUT2D eigenvalue weighted by molar-refractivity contribution is 6.09. The van der Waals surface area contributed by atoms with Crippen molar-refractivity contribution < 1.29 is 32.3 Å². The zero-order valence-electron chi connectivity index (χ0n) is 17.3. The second-order valence-electron chi connectivity index (χ2n) is 8.29. The summed E-state index contributed by atoms with van der Waals surface area (Å²) in [6, 6.07) is 6.02. The number of ether oxygens (including phenoxy) is 1. The first-order chi connectivity index (χ1) is 14.6. The lowest BCUT2D eigenvalue weighted by Crippen LogP contribution is -2.49. The van der Waals surface area contributed by atoms with Gasteiger partial charge in [-0.3, -0.25) is 14.5 Å². The monoisotopic (exact) mass is 441 g/mol. The smallest absolute Gasteiger partial charge is 0.367 e. The van der Waals surface area contributed by atoms with Crippen molar-refractivity contribution in [1.29, 1.82) is 0 Å². The van der Waals surface area contributed by atoms with E-state index in [2.05, 4.69) is 22.3 Å². The van der Waals surface area contributed by atoms with Gasteiger partial charge in [0.05, 0.1) is 6.61 Å². The number of carbonyl (C=O) groups excluding carboxylic acids is 3. The van der Waals surface area contributed by atoms with Gasteiger partial charge in [0.15, 0.2) is 0 Å². The lowest BCUT2D eigenvalue weighted by atomic mass is 9.77. The molecule has 1 aliphatic heterocycles. The van der Waals surface area contributed by atoms with Gasteiger partial charge in [-0.1, -0.05) is 31.2 Å². The van der Waals surface area contributed by atoms with Crippen molar-refractivity contribution in [2.75, 3.05) is 13.2 Å². The normalized spacial score (nSPS) is 23.9. The number of nitrogens with one attached hydrogen (secondary N) is 2. The summed E-state index contributed by atoms with van der Waals surface area (Å²) in [5, 5.41) is 5.43. The Labute approximate surface area is 178 Å². The lowest BCUT2D eigenvalue weighted by Gasteiger charge is -2.33. The number of hydrogen-bond donors (Lipinski definition) is 2. The van der Waals surface area contributed by atoms with Crippen LogP contribution in [0.2, 0.25) is 0 Å². The SMILES string of the molecule is CC1CCC2(CC1)NC(=O)N(CC(=O)NCc1ccc(COCC(F)(F)F)cc1)C2=O. The first-order valence-corrected chi connectivity index (χ1v) is 10.2. The van der Waals surface area contributed by atoms with Gasteiger partial charge in [0.25, 0.3) is 5.91 Å². The number of nitrogens with zero attached hydrogens (tertiary/aromatic N) is 1. The standard InChI is InChI=1S/C21H26F3N3O4/c1-14-6-8-20(9-7-14)18(29)27(19(30)26-20)11-17(28)25-10-15-2-4-16(5-3-15)12-31-13-21(22,23)24/h2-5,14H,6-13H2,1H3,(H,25,28)(H,26,30). The summed E-state index contributed by atoms with van der Waals surface area (Å²) < 4.78 is 40.9. The Balaban J connectivity index is 1.46. The van der Waals surface area contributed by atoms with Crippen molar-refractivity contribution >= 4 is 17.8 Å². The van der Waals surface area contributed by atoms with E-state index < -0.39 is 30.3 Å². The second-order valence-corrected chi connectivity index (χ2v) is 8.29. The van der Waals surface area contributed by atoms with Crippen LogP contribution in [-0.2, 0) is 27.5 Å². The molecule has 170 valence electrons. The predicted octanol–water partition coefficient (Wildman–Crippen LogP) is 2.88. The predicted molar refractivity (Wildman–Crippen MR) is 105 cm³/mol. The summed E-state index contributed by atoms with van der Waals surface area (Å²) in [4.78, 5) is 38.3. The van der Waals surface area contributed by atoms with E-state index in [9.17, 15) is 27.6 Å². The zero-order chi connectivity index (χ0) is 22.6. The average Bonchev–Trinajstić information content (AvgIpc) is 2.93. The van der Waals surface area contributed by atoms with Gasteiger partial charge >= 0.3 is 12.2 Å². The second kappa shape index (κ2) is 9.25. The maximum absolute atomic E-state index is 12.8. The molecule has 2 N–H and O–H groups in total. The van der Waals surface area contributed by atoms with E-state index in [1.807, 2.05) is 0 Å². The molecule has 1 saturated heterocycles. The molecule has 1 saturated carbocycles. The first-order valence-electron chi connectivity index (χ1n) is 10.2. The summed E-state index contributed by atoms with van der Waals surface area (Å²) in [6.45, 7) is 0.439. The average molecular weight is 441 g/mol. The molecule has 1 heterocycles. The van der Waals surface area contributed by atoms with E-state index >= 15 is 0 Å². The van der Waals surface area contributed by atoms with Gasteiger partial charge < -0.3 is 15.4 Å². The van der Waals surface area contributed by atoms with Crippen LogP contribution in [-0.4, -0.2) is 47.6 Å². The van der Waals surface area contributed by atoms with Crippen molar-refractivity contribution in [1.82, 2.24) is 15.5 Å². The van der Waals surface area contributed by atoms with E-state index in [1.165, 1.54) is 0 Å². The zero-order valence-corrected chi connectivity index (χ0v) is 17.3. The Hall–Kier alpha value is -2.62. The van der Waals surface area contributed by atoms with Crippen LogP contribution in [0.25, 0.3) is 0 Å². The lowest BCUT2D eigenvalue weighted by molar-refractivity contribution is -0.176. The number of alkyl halides is 3. The Morgan fingerprint density at radius 2 is 1.81 bits per heavy atom. The fraction of sp³-hybridized carbons (Fsp3) is 0.571. The topological polar surface area (TPSA) is 87.7 Å². The molecule has 2 aliphatic rings. The van der Waals surface area contributed by atoms with Crippen molar-refractivity contribution in [3.63, 3.8) is 0 Å². The molecule has 31 heavy (non-hydrogen) atoms. The minimum Gasteiger partial charge on any atom is -0.367 e. The molecule has 0 atom stereocenters. The van der Waals surface area contributed by atoms with Gasteiger partial charge in [-0.05, 0) is 42.7 Å². The van der Waals surface area contributed by atoms with E-state index in [1.54, 1.807) is 24.3 Å². The molecule has 3 rings (SSSR count). The Morgan fingerprint density at radius 3 is 2.42 bits per heavy atom. The number of amides is 4. The number of imide groups is 1. The van der Waals surface area contributed by atoms with E-state index in [0.29, 0.717) is 24.3 Å². The van der Waals surface area contributed by atoms with E-state index in [-0.39, 0.29) is 25.6 Å². The Kier molecular flexibility index (Phi) is 6.88. The van der Waals surface area contributed by atoms with Crippen molar-refractivity contribution in [3.8, 4) is 0 Å². The number of carbonyl (C=O) groups is 3. The van der Waals surface area contributed by atoms with Crippen molar-refractivity contribution in [2.24, 2.45) is 5.92 Å². The highest BCUT2D eigenvalue weighted by Crippen LogP contribution is 2.36. The van der Waals surface area contributed by atoms with Crippen LogP contribution in [0.3, 0.4) is 0 Å². The first kappa shape index (κ1) is 23.1. The van der Waals surface area contributed by atoms with Crippen LogP contribution in [0, 0.1) is 5.92 Å². The van der Waals surface area contributed by atoms with Crippen LogP contribution in [0.15, 0.2) is 24.3 Å². The van der Waals surface area contributed by atoms with Gasteiger partial charge in [-0.25, -0.2) is 4.79 Å². The largest absolute Gasteiger partial charge is 0.411 e. The molecule has 0 unspecified atom stereocenters. The molecular weight excluding hydrogens is 415 g/mol. The summed E-state index contributed by atoms with van der Waals surface area (Å²) in [6.07, 6.45) is -1.51. The highest BCUT2D eigenvalue weighted by Gasteiger charge is 2.52. The molecule has 1 aromatic carbocycles. The van der Waals surface area contributed by atoms with E-state index in [4.69, 9.17) is 0 Å². The number of rotatable bonds is 7. The van der Waals surface area contributed by atoms with Crippen LogP contribution >= 0.6 is 0 Å². The molecule has 2 fully saturated rings. The number of urea groups is 1. The molecule has 4 amide bonds. The molecule has 0 radical (unpaired) electrons. The van der Waals surface area contributed by atoms with Gasteiger partial charge in [0.2, 0.25) is 5.91 Å². The molecule has 0 bridgehead atoms. The van der Waals surface area contributed by atoms with Gasteiger partial charge in [-0.15, -0.1) is 0 Å². The van der Waals surface area contributed by atoms with Crippen LogP contribution in [0.5, 0.6) is 0 Å². The summed E-state index contributed by atoms with van der Waals surface area (Å²) in [5.41, 5.74) is 0.419. The van der Waals surface area contributed by atoms with Gasteiger partial charge in [0.1, 0.15) is 18.7 Å². The van der Waals surface area contributed by atoms with E-state index in [0.717, 1.165) is 23.3 Å². The highest BCUT2D eigenvalue weighted by atomic mass is 19.4. The molecular formula is C21H26F3N3O4. The number of benzene rings is 1. The molecule has 0 aromatic heterocycles. The third-order valence-corrected chi connectivity index (χ3v) is 5.72. The quantitative estimate of drug-likeness (QED) is 0.637. The molecule has 1 spiro atoms. The van der Waals surface area contributed by atoms with Crippen LogP contribution < -0.4 is 10.6 Å². The molecule has 7 nitrogen and oxygen atoms in total. The maximum atomic E-state index is 12.8. The molecule has 10 heteroatoms. The maximum Gasteiger partial charge on any atom is 0.411 e. The summed E-state index contributed by atoms with van der Waals surface area (Å²) in [5.74, 6) is -0.305. The molecule has 1 aliphatic carbocycles. The summed E-state index contributed by atoms with van der Waals surface area (Å²) in [7, 11) is 0. The van der Waals surface area contributed by atoms with Crippen molar-refractivity contribution in [2.45, 2.75) is 57.5 Å². The van der Waals surface area contributed by atoms with Crippen molar-refractivity contribution in [3.05, 3.63) is 35.4 Å². The summed E-state index contributed by atoms with van der Waals surface area (Å²) >= 11 is 0. The van der Waals surface area contributed by atoms with Crippen LogP contribution in [0.1, 0.15) is 43.7 Å². The third kappa shape index (κ3) is 5.96.